The SMILES string of the molecule is NC(=O)NSc1ccc(-c2ccc(N(CC[C@H](N)C(=O)OC3CCCC3)Cc3ccccc3)cc2)cc1C(N)=O. The number of ether oxygens (including phenoxy) is 1. The molecule has 0 heterocycles. The van der Waals surface area contributed by atoms with Crippen molar-refractivity contribution in [1.29, 1.82) is 0 Å². The van der Waals surface area contributed by atoms with Gasteiger partial charge in [0, 0.05) is 23.7 Å². The molecule has 1 atom stereocenters. The average molecular weight is 562 g/mol. The Morgan fingerprint density at radius 2 is 1.62 bits per heavy atom. The Morgan fingerprint density at radius 1 is 0.950 bits per heavy atom. The summed E-state index contributed by atoms with van der Waals surface area (Å²) in [5.74, 6) is -0.941. The summed E-state index contributed by atoms with van der Waals surface area (Å²) in [6.07, 6.45) is 4.46. The van der Waals surface area contributed by atoms with Gasteiger partial charge in [-0.15, -0.1) is 0 Å². The van der Waals surface area contributed by atoms with Crippen LogP contribution < -0.4 is 26.8 Å². The molecule has 10 heteroatoms. The maximum absolute atomic E-state index is 12.6. The standard InChI is InChI=1S/C30H35N5O4S/c31-26(29(37)39-24-8-4-5-9-24)16-17-35(19-20-6-2-1-3-7-20)23-13-10-21(11-14-23)22-12-15-27(40-34-30(33)38)25(18-22)28(32)36/h1-3,6-7,10-15,18,24,26H,4-5,8-9,16-17,19,31H2,(H2,32,36)(H3,33,34,38)/t26-/m0/s1. The Labute approximate surface area is 238 Å². The molecule has 9 nitrogen and oxygen atoms in total. The van der Waals surface area contributed by atoms with E-state index in [4.69, 9.17) is 21.9 Å². The first-order chi connectivity index (χ1) is 19.3. The quantitative estimate of drug-likeness (QED) is 0.189. The summed E-state index contributed by atoms with van der Waals surface area (Å²) in [4.78, 5) is 38.4. The number of anilines is 1. The summed E-state index contributed by atoms with van der Waals surface area (Å²) in [5.41, 5.74) is 21.0. The second kappa shape index (κ2) is 13.9. The number of amides is 3. The van der Waals surface area contributed by atoms with E-state index in [2.05, 4.69) is 21.8 Å². The van der Waals surface area contributed by atoms with E-state index < -0.39 is 18.0 Å². The number of hydrogen-bond donors (Lipinski definition) is 4. The highest BCUT2D eigenvalue weighted by atomic mass is 32.2. The van der Waals surface area contributed by atoms with Gasteiger partial charge >= 0.3 is 12.0 Å². The van der Waals surface area contributed by atoms with Crippen LogP contribution in [0.25, 0.3) is 11.1 Å². The van der Waals surface area contributed by atoms with Crippen LogP contribution in [-0.2, 0) is 16.1 Å². The lowest BCUT2D eigenvalue weighted by Crippen LogP contribution is -2.38. The summed E-state index contributed by atoms with van der Waals surface area (Å²) in [6, 6.07) is 21.9. The van der Waals surface area contributed by atoms with Gasteiger partial charge in [-0.3, -0.25) is 14.3 Å². The molecule has 3 aromatic rings. The summed E-state index contributed by atoms with van der Waals surface area (Å²) in [7, 11) is 0. The van der Waals surface area contributed by atoms with Crippen molar-refractivity contribution in [3.05, 3.63) is 83.9 Å². The number of hydrogen-bond acceptors (Lipinski definition) is 7. The third-order valence-electron chi connectivity index (χ3n) is 6.89. The fraction of sp³-hybridized carbons (Fsp3) is 0.300. The van der Waals surface area contributed by atoms with Crippen LogP contribution in [0.5, 0.6) is 0 Å². The largest absolute Gasteiger partial charge is 0.461 e. The molecule has 0 aromatic heterocycles. The maximum atomic E-state index is 12.6. The van der Waals surface area contributed by atoms with Gasteiger partial charge in [0.25, 0.3) is 0 Å². The van der Waals surface area contributed by atoms with Crippen molar-refractivity contribution in [3.63, 3.8) is 0 Å². The molecule has 4 rings (SSSR count). The number of nitrogens with zero attached hydrogens (tertiary/aromatic N) is 1. The van der Waals surface area contributed by atoms with Gasteiger partial charge in [-0.05, 0) is 85.0 Å². The van der Waals surface area contributed by atoms with Crippen LogP contribution in [0.15, 0.2) is 77.7 Å². The van der Waals surface area contributed by atoms with Crippen LogP contribution in [0.1, 0.15) is 48.0 Å². The topological polar surface area (TPSA) is 154 Å². The highest BCUT2D eigenvalue weighted by Crippen LogP contribution is 2.29. The third kappa shape index (κ3) is 8.00. The van der Waals surface area contributed by atoms with Crippen molar-refractivity contribution in [2.45, 2.75) is 55.7 Å². The number of urea groups is 1. The molecular formula is C30H35N5O4S. The number of benzene rings is 3. The van der Waals surface area contributed by atoms with Crippen LogP contribution in [0, 0.1) is 0 Å². The van der Waals surface area contributed by atoms with Crippen LogP contribution in [0.4, 0.5) is 10.5 Å². The minimum atomic E-state index is -0.716. The highest BCUT2D eigenvalue weighted by Gasteiger charge is 2.24. The van der Waals surface area contributed by atoms with Gasteiger partial charge in [0.2, 0.25) is 5.91 Å². The van der Waals surface area contributed by atoms with Gasteiger partial charge in [0.05, 0.1) is 5.56 Å². The molecule has 0 bridgehead atoms. The van der Waals surface area contributed by atoms with Crippen molar-refractivity contribution in [1.82, 2.24) is 4.72 Å². The fourth-order valence-corrected chi connectivity index (χ4v) is 5.35. The van der Waals surface area contributed by atoms with Crippen molar-refractivity contribution in [2.24, 2.45) is 17.2 Å². The Morgan fingerprint density at radius 3 is 2.27 bits per heavy atom. The van der Waals surface area contributed by atoms with Crippen molar-refractivity contribution >= 4 is 35.5 Å². The van der Waals surface area contributed by atoms with Crippen LogP contribution in [0.2, 0.25) is 0 Å². The summed E-state index contributed by atoms with van der Waals surface area (Å²) < 4.78 is 8.02. The van der Waals surface area contributed by atoms with E-state index in [0.717, 1.165) is 60.0 Å². The monoisotopic (exact) mass is 561 g/mol. The number of carbonyl (C=O) groups is 3. The first-order valence-corrected chi connectivity index (χ1v) is 14.1. The molecule has 3 amide bonds. The molecule has 1 aliphatic carbocycles. The Balaban J connectivity index is 1.49. The lowest BCUT2D eigenvalue weighted by molar-refractivity contribution is -0.150. The van der Waals surface area contributed by atoms with Gasteiger partial charge in [0.15, 0.2) is 0 Å². The van der Waals surface area contributed by atoms with E-state index in [9.17, 15) is 14.4 Å². The molecule has 210 valence electrons. The molecule has 3 aromatic carbocycles. The number of rotatable bonds is 12. The number of esters is 1. The van der Waals surface area contributed by atoms with E-state index in [-0.39, 0.29) is 17.6 Å². The van der Waals surface area contributed by atoms with Crippen LogP contribution in [0.3, 0.4) is 0 Å². The minimum absolute atomic E-state index is 0.00586. The van der Waals surface area contributed by atoms with E-state index in [1.807, 2.05) is 48.5 Å². The molecule has 7 N–H and O–H groups in total. The zero-order chi connectivity index (χ0) is 28.5. The Hall–Kier alpha value is -4.02. The van der Waals surface area contributed by atoms with Crippen LogP contribution >= 0.6 is 11.9 Å². The van der Waals surface area contributed by atoms with Gasteiger partial charge in [-0.1, -0.05) is 48.5 Å². The number of nitrogens with one attached hydrogen (secondary N) is 1. The van der Waals surface area contributed by atoms with E-state index >= 15 is 0 Å². The average Bonchev–Trinajstić information content (AvgIpc) is 3.47. The molecule has 0 spiro atoms. The predicted molar refractivity (Wildman–Crippen MR) is 157 cm³/mol. The van der Waals surface area contributed by atoms with Gasteiger partial charge in [0.1, 0.15) is 12.1 Å². The first-order valence-electron chi connectivity index (χ1n) is 13.3. The van der Waals surface area contributed by atoms with E-state index in [1.165, 1.54) is 0 Å². The summed E-state index contributed by atoms with van der Waals surface area (Å²) in [6.45, 7) is 1.22. The van der Waals surface area contributed by atoms with E-state index in [1.54, 1.807) is 12.1 Å². The summed E-state index contributed by atoms with van der Waals surface area (Å²) >= 11 is 0.938. The van der Waals surface area contributed by atoms with Crippen molar-refractivity contribution in [3.8, 4) is 11.1 Å². The molecule has 1 saturated carbocycles. The second-order valence-electron chi connectivity index (χ2n) is 9.84. The molecule has 1 aliphatic rings. The molecule has 0 saturated heterocycles. The number of primary amides is 2. The Kier molecular flexibility index (Phi) is 10.0. The second-order valence-corrected chi connectivity index (χ2v) is 10.7. The molecule has 0 aliphatic heterocycles. The number of nitrogens with two attached hydrogens (primary N) is 3. The van der Waals surface area contributed by atoms with Gasteiger partial charge in [-0.2, -0.15) is 0 Å². The van der Waals surface area contributed by atoms with E-state index in [0.29, 0.717) is 24.4 Å². The normalized spacial score (nSPS) is 13.9. The van der Waals surface area contributed by atoms with Crippen molar-refractivity contribution in [2.75, 3.05) is 11.4 Å². The molecule has 0 radical (unpaired) electrons. The summed E-state index contributed by atoms with van der Waals surface area (Å²) in [5, 5.41) is 0. The highest BCUT2D eigenvalue weighted by molar-refractivity contribution is 7.98. The molecule has 0 unspecified atom stereocenters. The molecule has 1 fully saturated rings. The zero-order valence-corrected chi connectivity index (χ0v) is 23.1. The molecular weight excluding hydrogens is 526 g/mol. The lowest BCUT2D eigenvalue weighted by Gasteiger charge is -2.27. The minimum Gasteiger partial charge on any atom is -0.461 e. The Bertz CT molecular complexity index is 1310. The third-order valence-corrected chi connectivity index (χ3v) is 7.77. The van der Waals surface area contributed by atoms with Gasteiger partial charge in [-0.25, -0.2) is 4.79 Å². The number of carbonyl (C=O) groups excluding carboxylic acids is 3. The first kappa shape index (κ1) is 29.0. The fourth-order valence-electron chi connectivity index (χ4n) is 4.73. The zero-order valence-electron chi connectivity index (χ0n) is 22.3. The van der Waals surface area contributed by atoms with Gasteiger partial charge < -0.3 is 26.8 Å². The molecule has 40 heavy (non-hydrogen) atoms. The maximum Gasteiger partial charge on any atom is 0.323 e. The predicted octanol–water partition coefficient (Wildman–Crippen LogP) is 4.34. The smallest absolute Gasteiger partial charge is 0.323 e. The van der Waals surface area contributed by atoms with Crippen molar-refractivity contribution < 1.29 is 19.1 Å². The van der Waals surface area contributed by atoms with Crippen LogP contribution in [-0.4, -0.2) is 36.6 Å². The lowest BCUT2D eigenvalue weighted by atomic mass is 10.0.